The minimum atomic E-state index is -1.10. The molecule has 0 fully saturated rings. The maximum absolute atomic E-state index is 13.2. The van der Waals surface area contributed by atoms with Crippen LogP contribution in [0.4, 0.5) is 14.5 Å². The Balaban J connectivity index is 2.04. The van der Waals surface area contributed by atoms with E-state index in [2.05, 4.69) is 10.3 Å². The molecule has 0 aliphatic rings. The van der Waals surface area contributed by atoms with E-state index in [4.69, 9.17) is 0 Å². The lowest BCUT2D eigenvalue weighted by Gasteiger charge is -2.09. The van der Waals surface area contributed by atoms with Crippen molar-refractivity contribution in [1.82, 2.24) is 14.1 Å². The Bertz CT molecular complexity index is 1130. The standard InChI is InChI=1S/C16H12F2N4O3/c1-21-13-9(15(24)22(2)16(21)25)4-6-12(20-13)14(23)19-8-3-5-10(17)11(18)7-8/h3-7H,1-2H3,(H,19,23). The smallest absolute Gasteiger partial charge is 0.321 e. The SMILES string of the molecule is Cn1c(=O)c2ccc(C(=O)Nc3ccc(F)c(F)c3)nc2n(C)c1=O. The topological polar surface area (TPSA) is 86.0 Å². The van der Waals surface area contributed by atoms with Crippen LogP contribution in [-0.2, 0) is 14.1 Å². The molecule has 0 radical (unpaired) electrons. The zero-order valence-electron chi connectivity index (χ0n) is 13.2. The van der Waals surface area contributed by atoms with Gasteiger partial charge in [-0.05, 0) is 24.3 Å². The van der Waals surface area contributed by atoms with Crippen molar-refractivity contribution in [2.24, 2.45) is 14.1 Å². The second-order valence-corrected chi connectivity index (χ2v) is 5.36. The normalized spacial score (nSPS) is 10.9. The van der Waals surface area contributed by atoms with Crippen LogP contribution in [0, 0.1) is 11.6 Å². The summed E-state index contributed by atoms with van der Waals surface area (Å²) in [5.41, 5.74) is -1.10. The number of hydrogen-bond donors (Lipinski definition) is 1. The molecule has 0 bridgehead atoms. The lowest BCUT2D eigenvalue weighted by atomic mass is 10.2. The number of nitrogens with one attached hydrogen (secondary N) is 1. The average molecular weight is 346 g/mol. The van der Waals surface area contributed by atoms with Crippen molar-refractivity contribution < 1.29 is 13.6 Å². The molecule has 0 atom stereocenters. The summed E-state index contributed by atoms with van der Waals surface area (Å²) in [6.45, 7) is 0. The number of aromatic nitrogens is 3. The van der Waals surface area contributed by atoms with Crippen LogP contribution in [0.3, 0.4) is 0 Å². The van der Waals surface area contributed by atoms with E-state index in [-0.39, 0.29) is 22.4 Å². The van der Waals surface area contributed by atoms with Crippen LogP contribution in [0.1, 0.15) is 10.5 Å². The minimum absolute atomic E-state index is 0.0451. The van der Waals surface area contributed by atoms with Gasteiger partial charge in [0, 0.05) is 25.8 Å². The number of hydrogen-bond acceptors (Lipinski definition) is 4. The van der Waals surface area contributed by atoms with Crippen LogP contribution >= 0.6 is 0 Å². The van der Waals surface area contributed by atoms with Crippen molar-refractivity contribution in [2.45, 2.75) is 0 Å². The summed E-state index contributed by atoms with van der Waals surface area (Å²) < 4.78 is 28.2. The van der Waals surface area contributed by atoms with Gasteiger partial charge in [0.15, 0.2) is 11.6 Å². The third kappa shape index (κ3) is 2.80. The number of nitrogens with zero attached hydrogens (tertiary/aromatic N) is 3. The molecular formula is C16H12F2N4O3. The minimum Gasteiger partial charge on any atom is -0.321 e. The predicted octanol–water partition coefficient (Wildman–Crippen LogP) is 1.16. The Labute approximate surface area is 139 Å². The van der Waals surface area contributed by atoms with Gasteiger partial charge in [0.25, 0.3) is 11.5 Å². The molecule has 0 unspecified atom stereocenters. The molecule has 0 aliphatic carbocycles. The Hall–Kier alpha value is -3.36. The number of aryl methyl sites for hydroxylation is 1. The number of rotatable bonds is 2. The predicted molar refractivity (Wildman–Crippen MR) is 86.5 cm³/mol. The average Bonchev–Trinajstić information content (AvgIpc) is 2.60. The van der Waals surface area contributed by atoms with Crippen molar-refractivity contribution in [3.8, 4) is 0 Å². The van der Waals surface area contributed by atoms with E-state index in [1.165, 1.54) is 32.3 Å². The number of benzene rings is 1. The maximum atomic E-state index is 13.2. The van der Waals surface area contributed by atoms with Crippen LogP contribution in [0.2, 0.25) is 0 Å². The van der Waals surface area contributed by atoms with Crippen molar-refractivity contribution >= 4 is 22.6 Å². The summed E-state index contributed by atoms with van der Waals surface area (Å²) in [6, 6.07) is 5.60. The van der Waals surface area contributed by atoms with Gasteiger partial charge >= 0.3 is 5.69 Å². The molecule has 0 aliphatic heterocycles. The molecule has 7 nitrogen and oxygen atoms in total. The van der Waals surface area contributed by atoms with Gasteiger partial charge < -0.3 is 5.32 Å². The number of anilines is 1. The molecule has 2 heterocycles. The highest BCUT2D eigenvalue weighted by Crippen LogP contribution is 2.14. The molecule has 0 saturated carbocycles. The number of pyridine rings is 1. The van der Waals surface area contributed by atoms with E-state index < -0.39 is 28.8 Å². The Morgan fingerprint density at radius 1 is 1.04 bits per heavy atom. The number of carbonyl (C=O) groups is 1. The fourth-order valence-electron chi connectivity index (χ4n) is 2.35. The van der Waals surface area contributed by atoms with Gasteiger partial charge in [-0.25, -0.2) is 18.6 Å². The molecule has 3 aromatic rings. The van der Waals surface area contributed by atoms with E-state index in [9.17, 15) is 23.2 Å². The van der Waals surface area contributed by atoms with Gasteiger partial charge in [0.05, 0.1) is 5.39 Å². The molecule has 0 spiro atoms. The number of carbonyl (C=O) groups excluding carboxylic acids is 1. The van der Waals surface area contributed by atoms with Gasteiger partial charge in [-0.1, -0.05) is 0 Å². The van der Waals surface area contributed by atoms with Gasteiger partial charge in [-0.15, -0.1) is 0 Å². The summed E-state index contributed by atoms with van der Waals surface area (Å²) in [6.07, 6.45) is 0. The molecular weight excluding hydrogens is 334 g/mol. The first-order valence-electron chi connectivity index (χ1n) is 7.13. The molecule has 1 N–H and O–H groups in total. The maximum Gasteiger partial charge on any atom is 0.332 e. The van der Waals surface area contributed by atoms with Crippen LogP contribution in [0.15, 0.2) is 39.9 Å². The first-order chi connectivity index (χ1) is 11.8. The first kappa shape index (κ1) is 16.5. The summed E-state index contributed by atoms with van der Waals surface area (Å²) in [4.78, 5) is 40.3. The summed E-state index contributed by atoms with van der Waals surface area (Å²) in [5.74, 6) is -2.83. The highest BCUT2D eigenvalue weighted by atomic mass is 19.2. The van der Waals surface area contributed by atoms with Crippen molar-refractivity contribution in [2.75, 3.05) is 5.32 Å². The highest BCUT2D eigenvalue weighted by molar-refractivity contribution is 6.03. The van der Waals surface area contributed by atoms with Crippen LogP contribution in [0.5, 0.6) is 0 Å². The van der Waals surface area contributed by atoms with E-state index in [0.717, 1.165) is 21.3 Å². The fraction of sp³-hybridized carbons (Fsp3) is 0.125. The quantitative estimate of drug-likeness (QED) is 0.755. The lowest BCUT2D eigenvalue weighted by Crippen LogP contribution is -2.37. The van der Waals surface area contributed by atoms with E-state index in [1.54, 1.807) is 0 Å². The third-order valence-corrected chi connectivity index (χ3v) is 3.71. The molecule has 1 aromatic carbocycles. The van der Waals surface area contributed by atoms with Gasteiger partial charge in [-0.2, -0.15) is 0 Å². The molecule has 0 saturated heterocycles. The number of halogens is 2. The zero-order valence-corrected chi connectivity index (χ0v) is 13.2. The van der Waals surface area contributed by atoms with Gasteiger partial charge in [0.2, 0.25) is 0 Å². The molecule has 9 heteroatoms. The second kappa shape index (κ2) is 5.93. The molecule has 25 heavy (non-hydrogen) atoms. The number of amides is 1. The largest absolute Gasteiger partial charge is 0.332 e. The second-order valence-electron chi connectivity index (χ2n) is 5.36. The third-order valence-electron chi connectivity index (χ3n) is 3.71. The fourth-order valence-corrected chi connectivity index (χ4v) is 2.35. The van der Waals surface area contributed by atoms with Crippen LogP contribution in [0.25, 0.3) is 11.0 Å². The van der Waals surface area contributed by atoms with Crippen LogP contribution < -0.4 is 16.6 Å². The van der Waals surface area contributed by atoms with E-state index in [1.807, 2.05) is 0 Å². The first-order valence-corrected chi connectivity index (χ1v) is 7.13. The van der Waals surface area contributed by atoms with Crippen molar-refractivity contribution in [3.05, 3.63) is 68.5 Å². The molecule has 3 rings (SSSR count). The molecule has 2 aromatic heterocycles. The van der Waals surface area contributed by atoms with Crippen molar-refractivity contribution in [1.29, 1.82) is 0 Å². The Morgan fingerprint density at radius 3 is 2.44 bits per heavy atom. The summed E-state index contributed by atoms with van der Waals surface area (Å²) in [7, 11) is 2.77. The zero-order chi connectivity index (χ0) is 18.3. The lowest BCUT2D eigenvalue weighted by molar-refractivity contribution is 0.102. The van der Waals surface area contributed by atoms with Crippen LogP contribution in [-0.4, -0.2) is 20.0 Å². The number of fused-ring (bicyclic) bond motifs is 1. The summed E-state index contributed by atoms with van der Waals surface area (Å²) in [5, 5.41) is 2.55. The Kier molecular flexibility index (Phi) is 3.91. The van der Waals surface area contributed by atoms with E-state index in [0.29, 0.717) is 0 Å². The Morgan fingerprint density at radius 2 is 1.76 bits per heavy atom. The van der Waals surface area contributed by atoms with E-state index >= 15 is 0 Å². The highest BCUT2D eigenvalue weighted by Gasteiger charge is 2.14. The molecule has 128 valence electrons. The monoisotopic (exact) mass is 346 g/mol. The van der Waals surface area contributed by atoms with Gasteiger partial charge in [-0.3, -0.25) is 18.7 Å². The van der Waals surface area contributed by atoms with Gasteiger partial charge in [0.1, 0.15) is 11.3 Å². The van der Waals surface area contributed by atoms with Crippen molar-refractivity contribution in [3.63, 3.8) is 0 Å². The molecule has 1 amide bonds. The summed E-state index contributed by atoms with van der Waals surface area (Å²) >= 11 is 0.